The van der Waals surface area contributed by atoms with E-state index in [1.54, 1.807) is 0 Å². The summed E-state index contributed by atoms with van der Waals surface area (Å²) in [6.07, 6.45) is 13.9. The molecule has 0 N–H and O–H groups in total. The zero-order valence-corrected chi connectivity index (χ0v) is 18.9. The average Bonchev–Trinajstić information content (AvgIpc) is 3.19. The van der Waals surface area contributed by atoms with E-state index in [0.717, 1.165) is 32.4 Å². The largest absolute Gasteiger partial charge is 0.328 e. The summed E-state index contributed by atoms with van der Waals surface area (Å²) >= 11 is 0. The Morgan fingerprint density at radius 3 is 1.14 bits per heavy atom. The lowest BCUT2D eigenvalue weighted by Gasteiger charge is -2.28. The van der Waals surface area contributed by atoms with Crippen LogP contribution in [0.4, 0.5) is 11.4 Å². The van der Waals surface area contributed by atoms with Crippen LogP contribution in [-0.2, 0) is 25.7 Å². The van der Waals surface area contributed by atoms with Gasteiger partial charge >= 0.3 is 0 Å². The monoisotopic (exact) mass is 390 g/mol. The van der Waals surface area contributed by atoms with Gasteiger partial charge in [-0.3, -0.25) is 0 Å². The summed E-state index contributed by atoms with van der Waals surface area (Å²) in [4.78, 5) is 4.96. The fourth-order valence-corrected chi connectivity index (χ4v) is 4.62. The smallest absolute Gasteiger partial charge is 0.0989 e. The maximum atomic E-state index is 2.48. The van der Waals surface area contributed by atoms with Crippen molar-refractivity contribution in [1.29, 1.82) is 0 Å². The van der Waals surface area contributed by atoms with Crippen LogP contribution in [0.3, 0.4) is 0 Å². The number of hydrogen-bond donors (Lipinski definition) is 0. The molecule has 156 valence electrons. The van der Waals surface area contributed by atoms with Crippen molar-refractivity contribution < 1.29 is 0 Å². The molecule has 1 heterocycles. The maximum Gasteiger partial charge on any atom is 0.0989 e. The lowest BCUT2D eigenvalue weighted by molar-refractivity contribution is 0.854. The highest BCUT2D eigenvalue weighted by molar-refractivity contribution is 5.69. The number of para-hydroxylation sites is 2. The minimum atomic E-state index is 0.912. The molecule has 0 saturated carbocycles. The molecule has 0 bridgehead atoms. The quantitative estimate of drug-likeness (QED) is 0.421. The van der Waals surface area contributed by atoms with Crippen molar-refractivity contribution in [3.05, 3.63) is 71.1 Å². The van der Waals surface area contributed by atoms with Crippen molar-refractivity contribution in [2.24, 2.45) is 0 Å². The second-order valence-corrected chi connectivity index (χ2v) is 8.23. The van der Waals surface area contributed by atoms with Crippen LogP contribution in [-0.4, -0.2) is 6.67 Å². The normalized spacial score (nSPS) is 13.5. The van der Waals surface area contributed by atoms with Crippen LogP contribution >= 0.6 is 0 Å². The van der Waals surface area contributed by atoms with E-state index in [9.17, 15) is 0 Å². The molecule has 2 heteroatoms. The molecule has 29 heavy (non-hydrogen) atoms. The van der Waals surface area contributed by atoms with Gasteiger partial charge in [0.2, 0.25) is 0 Å². The van der Waals surface area contributed by atoms with Crippen molar-refractivity contribution in [2.75, 3.05) is 16.5 Å². The van der Waals surface area contributed by atoms with Crippen LogP contribution in [0.5, 0.6) is 0 Å². The molecule has 0 fully saturated rings. The molecular formula is C27H38N2. The third kappa shape index (κ3) is 4.86. The van der Waals surface area contributed by atoms with Crippen LogP contribution < -0.4 is 9.80 Å². The van der Waals surface area contributed by atoms with Crippen molar-refractivity contribution >= 4 is 11.4 Å². The van der Waals surface area contributed by atoms with Gasteiger partial charge in [-0.2, -0.15) is 0 Å². The van der Waals surface area contributed by atoms with Gasteiger partial charge in [0.05, 0.1) is 6.67 Å². The zero-order chi connectivity index (χ0) is 20.6. The molecule has 2 nitrogen and oxygen atoms in total. The summed E-state index contributed by atoms with van der Waals surface area (Å²) in [7, 11) is 0. The van der Waals surface area contributed by atoms with Crippen molar-refractivity contribution in [1.82, 2.24) is 0 Å². The number of benzene rings is 2. The van der Waals surface area contributed by atoms with Gasteiger partial charge in [-0.1, -0.05) is 89.8 Å². The van der Waals surface area contributed by atoms with Crippen LogP contribution in [0.2, 0.25) is 0 Å². The Bertz CT molecular complexity index is 705. The number of rotatable bonds is 10. The van der Waals surface area contributed by atoms with E-state index in [4.69, 9.17) is 0 Å². The number of hydrogen-bond acceptors (Lipinski definition) is 2. The predicted octanol–water partition coefficient (Wildman–Crippen LogP) is 7.25. The highest BCUT2D eigenvalue weighted by atomic mass is 15.3. The molecule has 2 aromatic carbocycles. The summed E-state index contributed by atoms with van der Waals surface area (Å²) < 4.78 is 0. The molecule has 1 aliphatic heterocycles. The SMILES string of the molecule is CCCc1cccc(CCC)c1N1C=CN(c2c(CCC)cccc2CCC)C1. The maximum absolute atomic E-state index is 2.48. The number of nitrogens with zero attached hydrogens (tertiary/aromatic N) is 2. The van der Waals surface area contributed by atoms with Gasteiger partial charge in [0.25, 0.3) is 0 Å². The molecule has 0 atom stereocenters. The molecule has 1 aliphatic rings. The van der Waals surface area contributed by atoms with Crippen LogP contribution in [0.25, 0.3) is 0 Å². The van der Waals surface area contributed by atoms with Crippen LogP contribution in [0.15, 0.2) is 48.8 Å². The summed E-state index contributed by atoms with van der Waals surface area (Å²) in [5.74, 6) is 0. The van der Waals surface area contributed by atoms with E-state index in [-0.39, 0.29) is 0 Å². The van der Waals surface area contributed by atoms with E-state index < -0.39 is 0 Å². The average molecular weight is 391 g/mol. The van der Waals surface area contributed by atoms with E-state index in [0.29, 0.717) is 0 Å². The highest BCUT2D eigenvalue weighted by Crippen LogP contribution is 2.35. The van der Waals surface area contributed by atoms with Gasteiger partial charge in [-0.15, -0.1) is 0 Å². The Kier molecular flexibility index (Phi) is 7.80. The standard InChI is InChI=1S/C27H38N2/c1-5-11-22-15-9-16-23(12-6-2)26(22)28-19-20-29(21-28)27-24(13-7-3)17-10-18-25(27)14-8-4/h9-10,15-20H,5-8,11-14,21H2,1-4H3. The number of anilines is 2. The fourth-order valence-electron chi connectivity index (χ4n) is 4.62. The molecule has 3 rings (SSSR count). The predicted molar refractivity (Wildman–Crippen MR) is 128 cm³/mol. The Balaban J connectivity index is 1.95. The summed E-state index contributed by atoms with van der Waals surface area (Å²) in [6.45, 7) is 10.0. The molecule has 0 radical (unpaired) electrons. The van der Waals surface area contributed by atoms with E-state index in [1.807, 2.05) is 0 Å². The minimum absolute atomic E-state index is 0.912. The van der Waals surface area contributed by atoms with E-state index in [1.165, 1.54) is 59.3 Å². The molecular weight excluding hydrogens is 352 g/mol. The Labute approximate surface area is 178 Å². The van der Waals surface area contributed by atoms with E-state index >= 15 is 0 Å². The molecule has 0 amide bonds. The first kappa shape index (κ1) is 21.5. The van der Waals surface area contributed by atoms with Crippen LogP contribution in [0.1, 0.15) is 75.6 Å². The zero-order valence-electron chi connectivity index (χ0n) is 18.9. The van der Waals surface area contributed by atoms with Crippen molar-refractivity contribution in [3.8, 4) is 0 Å². The topological polar surface area (TPSA) is 6.48 Å². The van der Waals surface area contributed by atoms with Gasteiger partial charge in [-0.25, -0.2) is 0 Å². The van der Waals surface area contributed by atoms with E-state index in [2.05, 4.69) is 86.3 Å². The van der Waals surface area contributed by atoms with Gasteiger partial charge in [0.15, 0.2) is 0 Å². The minimum Gasteiger partial charge on any atom is -0.328 e. The molecule has 0 spiro atoms. The summed E-state index contributed by atoms with van der Waals surface area (Å²) in [5, 5.41) is 0. The summed E-state index contributed by atoms with van der Waals surface area (Å²) in [5.41, 5.74) is 8.84. The summed E-state index contributed by atoms with van der Waals surface area (Å²) in [6, 6.07) is 13.8. The van der Waals surface area contributed by atoms with Gasteiger partial charge in [-0.05, 0) is 47.9 Å². The molecule has 2 aromatic rings. The number of aryl methyl sites for hydroxylation is 4. The second-order valence-electron chi connectivity index (χ2n) is 8.23. The molecule has 0 aliphatic carbocycles. The molecule has 0 saturated heterocycles. The fraction of sp³-hybridized carbons (Fsp3) is 0.481. The first-order valence-electron chi connectivity index (χ1n) is 11.7. The van der Waals surface area contributed by atoms with Gasteiger partial charge in [0.1, 0.15) is 0 Å². The highest BCUT2D eigenvalue weighted by Gasteiger charge is 2.23. The molecule has 0 unspecified atom stereocenters. The van der Waals surface area contributed by atoms with Crippen molar-refractivity contribution in [3.63, 3.8) is 0 Å². The molecule has 0 aromatic heterocycles. The lowest BCUT2D eigenvalue weighted by atomic mass is 9.99. The Morgan fingerprint density at radius 2 is 0.862 bits per heavy atom. The van der Waals surface area contributed by atoms with Gasteiger partial charge in [0, 0.05) is 23.8 Å². The lowest BCUT2D eigenvalue weighted by Crippen LogP contribution is -2.27. The van der Waals surface area contributed by atoms with Crippen LogP contribution in [0, 0.1) is 0 Å². The Hall–Kier alpha value is -2.22. The Morgan fingerprint density at radius 1 is 0.552 bits per heavy atom. The first-order valence-corrected chi connectivity index (χ1v) is 11.7. The first-order chi connectivity index (χ1) is 14.2. The third-order valence-electron chi connectivity index (χ3n) is 5.79. The second kappa shape index (κ2) is 10.5. The van der Waals surface area contributed by atoms with Gasteiger partial charge < -0.3 is 9.80 Å². The van der Waals surface area contributed by atoms with Crippen molar-refractivity contribution in [2.45, 2.75) is 79.1 Å². The third-order valence-corrected chi connectivity index (χ3v) is 5.79.